The number of hydrogen-bond acceptors (Lipinski definition) is 10. The summed E-state index contributed by atoms with van der Waals surface area (Å²) in [6, 6.07) is 5.98. The van der Waals surface area contributed by atoms with Gasteiger partial charge in [0.1, 0.15) is 34.9 Å². The number of carboxylic acid groups (broad SMARTS) is 1. The Morgan fingerprint density at radius 3 is 2.39 bits per heavy atom. The van der Waals surface area contributed by atoms with Gasteiger partial charge in [-0.1, -0.05) is 13.8 Å². The largest absolute Gasteiger partial charge is 0.497 e. The number of ether oxygens (including phenoxy) is 3. The standard InChI is InChI=1S/C33H45N5O7S/c1-17(2)28(37-32(42)45-33(5,6)7)29(39)38(8)26-14-20(12-22(26)30(40)41)44-27-15-24(25-16-46-31(36-25)34-18(3)4)35-23-13-19(43-9)10-11-21(23)27/h10-11,13,15-18,20,22,26,28H,12,14H2,1-9H3,(H,34,36)(H,37,42)(H,40,41)/t20-,22-,26+,28+/m1/s1. The van der Waals surface area contributed by atoms with Crippen molar-refractivity contribution in [2.24, 2.45) is 11.8 Å². The van der Waals surface area contributed by atoms with Crippen LogP contribution in [0.1, 0.15) is 61.3 Å². The van der Waals surface area contributed by atoms with Crippen LogP contribution in [0.3, 0.4) is 0 Å². The molecule has 2 heterocycles. The summed E-state index contributed by atoms with van der Waals surface area (Å²) in [5, 5.41) is 19.6. The molecule has 4 atom stereocenters. The van der Waals surface area contributed by atoms with Crippen molar-refractivity contribution in [1.29, 1.82) is 0 Å². The molecule has 4 rings (SSSR count). The molecule has 1 aliphatic carbocycles. The molecule has 250 valence electrons. The molecule has 0 unspecified atom stereocenters. The first-order valence-corrected chi connectivity index (χ1v) is 16.3. The number of rotatable bonds is 11. The minimum Gasteiger partial charge on any atom is -0.497 e. The van der Waals surface area contributed by atoms with Crippen molar-refractivity contribution < 1.29 is 33.7 Å². The number of fused-ring (bicyclic) bond motifs is 1. The lowest BCUT2D eigenvalue weighted by molar-refractivity contribution is -0.145. The molecule has 0 spiro atoms. The fraction of sp³-hybridized carbons (Fsp3) is 0.545. The Balaban J connectivity index is 1.61. The number of likely N-dealkylation sites (N-methyl/N-ethyl adjacent to an activating group) is 1. The molecule has 0 radical (unpaired) electrons. The monoisotopic (exact) mass is 655 g/mol. The molecule has 0 bridgehead atoms. The highest BCUT2D eigenvalue weighted by Crippen LogP contribution is 2.38. The maximum Gasteiger partial charge on any atom is 0.408 e. The quantitative estimate of drug-likeness (QED) is 0.231. The number of carboxylic acids is 1. The first kappa shape index (κ1) is 34.7. The number of carbonyl (C=O) groups excluding carboxylic acids is 2. The summed E-state index contributed by atoms with van der Waals surface area (Å²) < 4.78 is 17.4. The molecular weight excluding hydrogens is 610 g/mol. The van der Waals surface area contributed by atoms with Crippen molar-refractivity contribution in [2.45, 2.75) is 91.1 Å². The fourth-order valence-electron chi connectivity index (χ4n) is 5.51. The van der Waals surface area contributed by atoms with E-state index in [9.17, 15) is 19.5 Å². The van der Waals surface area contributed by atoms with E-state index in [1.54, 1.807) is 34.9 Å². The second-order valence-electron chi connectivity index (χ2n) is 13.3. The van der Waals surface area contributed by atoms with Gasteiger partial charge < -0.3 is 34.9 Å². The molecule has 1 saturated carbocycles. The highest BCUT2D eigenvalue weighted by molar-refractivity contribution is 7.14. The number of nitrogens with zero attached hydrogens (tertiary/aromatic N) is 3. The Morgan fingerprint density at radius 2 is 1.78 bits per heavy atom. The number of hydrogen-bond donors (Lipinski definition) is 3. The van der Waals surface area contributed by atoms with Crippen molar-refractivity contribution >= 4 is 45.3 Å². The van der Waals surface area contributed by atoms with Crippen molar-refractivity contribution in [3.05, 3.63) is 29.6 Å². The van der Waals surface area contributed by atoms with E-state index >= 15 is 0 Å². The van der Waals surface area contributed by atoms with Gasteiger partial charge in [0.2, 0.25) is 5.91 Å². The molecule has 46 heavy (non-hydrogen) atoms. The minimum absolute atomic E-state index is 0.192. The van der Waals surface area contributed by atoms with Gasteiger partial charge >= 0.3 is 12.1 Å². The third-order valence-electron chi connectivity index (χ3n) is 7.70. The summed E-state index contributed by atoms with van der Waals surface area (Å²) in [5.41, 5.74) is 1.19. The van der Waals surface area contributed by atoms with Crippen molar-refractivity contribution in [1.82, 2.24) is 20.2 Å². The maximum atomic E-state index is 13.7. The SMILES string of the molecule is COc1ccc2c(O[C@@H]3C[C@@H](C(=O)O)[C@@H](N(C)C(=O)[C@@H](NC(=O)OC(C)(C)C)C(C)C)C3)cc(-c3csc(NC(C)C)n3)nc2c1. The Hall–Kier alpha value is -4.13. The smallest absolute Gasteiger partial charge is 0.408 e. The van der Waals surface area contributed by atoms with Crippen LogP contribution in [0.25, 0.3) is 22.3 Å². The van der Waals surface area contributed by atoms with Crippen LogP contribution in [-0.2, 0) is 14.3 Å². The van der Waals surface area contributed by atoms with Gasteiger partial charge in [0.15, 0.2) is 5.13 Å². The van der Waals surface area contributed by atoms with E-state index in [1.165, 1.54) is 16.2 Å². The van der Waals surface area contributed by atoms with Gasteiger partial charge in [-0.15, -0.1) is 11.3 Å². The molecule has 13 heteroatoms. The zero-order valence-corrected chi connectivity index (χ0v) is 28.7. The van der Waals surface area contributed by atoms with Crippen molar-refractivity contribution in [3.63, 3.8) is 0 Å². The summed E-state index contributed by atoms with van der Waals surface area (Å²) in [4.78, 5) is 49.7. The second kappa shape index (κ2) is 14.1. The summed E-state index contributed by atoms with van der Waals surface area (Å²) in [7, 11) is 3.16. The molecule has 1 aliphatic rings. The third kappa shape index (κ3) is 8.36. The van der Waals surface area contributed by atoms with Crippen LogP contribution in [0.15, 0.2) is 29.6 Å². The Labute approximate surface area is 273 Å². The van der Waals surface area contributed by atoms with E-state index in [0.717, 1.165) is 10.5 Å². The zero-order chi connectivity index (χ0) is 33.9. The Bertz CT molecular complexity index is 1570. The lowest BCUT2D eigenvalue weighted by Crippen LogP contribution is -2.54. The zero-order valence-electron chi connectivity index (χ0n) is 27.9. The van der Waals surface area contributed by atoms with Gasteiger partial charge in [0.25, 0.3) is 0 Å². The van der Waals surface area contributed by atoms with E-state index in [4.69, 9.17) is 24.2 Å². The van der Waals surface area contributed by atoms with Crippen LogP contribution in [0, 0.1) is 11.8 Å². The molecule has 2 amide bonds. The normalized spacial score (nSPS) is 18.8. The summed E-state index contributed by atoms with van der Waals surface area (Å²) in [5.74, 6) is -1.38. The molecule has 2 aromatic heterocycles. The van der Waals surface area contributed by atoms with Gasteiger partial charge in [0.05, 0.1) is 24.2 Å². The number of nitrogens with one attached hydrogen (secondary N) is 2. The minimum atomic E-state index is -1.02. The van der Waals surface area contributed by atoms with Gasteiger partial charge in [-0.05, 0) is 59.1 Å². The fourth-order valence-corrected chi connectivity index (χ4v) is 6.36. The predicted octanol–water partition coefficient (Wildman–Crippen LogP) is 5.81. The van der Waals surface area contributed by atoms with E-state index < -0.39 is 47.7 Å². The number of thiazole rings is 1. The second-order valence-corrected chi connectivity index (χ2v) is 14.1. The summed E-state index contributed by atoms with van der Waals surface area (Å²) >= 11 is 1.48. The van der Waals surface area contributed by atoms with E-state index in [1.807, 2.05) is 57.3 Å². The van der Waals surface area contributed by atoms with Crippen LogP contribution in [0.2, 0.25) is 0 Å². The number of methoxy groups -OCH3 is 1. The summed E-state index contributed by atoms with van der Waals surface area (Å²) in [6.07, 6.45) is -0.741. The number of aromatic nitrogens is 2. The van der Waals surface area contributed by atoms with Gasteiger partial charge in [-0.3, -0.25) is 9.59 Å². The van der Waals surface area contributed by atoms with Crippen LogP contribution in [-0.4, -0.2) is 81.9 Å². The van der Waals surface area contributed by atoms with Crippen LogP contribution in [0.4, 0.5) is 9.93 Å². The average Bonchev–Trinajstić information content (AvgIpc) is 3.60. The van der Waals surface area contributed by atoms with Crippen LogP contribution < -0.4 is 20.1 Å². The molecule has 0 aliphatic heterocycles. The van der Waals surface area contributed by atoms with Crippen molar-refractivity contribution in [3.8, 4) is 22.9 Å². The van der Waals surface area contributed by atoms with Gasteiger partial charge in [-0.25, -0.2) is 14.8 Å². The number of amides is 2. The first-order chi connectivity index (χ1) is 21.6. The molecule has 0 saturated heterocycles. The van der Waals surface area contributed by atoms with Crippen molar-refractivity contribution in [2.75, 3.05) is 19.5 Å². The average molecular weight is 656 g/mol. The molecule has 1 fully saturated rings. The van der Waals surface area contributed by atoms with Gasteiger partial charge in [-0.2, -0.15) is 0 Å². The van der Waals surface area contributed by atoms with Crippen LogP contribution >= 0.6 is 11.3 Å². The van der Waals surface area contributed by atoms with Crippen LogP contribution in [0.5, 0.6) is 11.5 Å². The number of anilines is 1. The number of aliphatic carboxylic acids is 1. The maximum absolute atomic E-state index is 13.7. The topological polar surface area (TPSA) is 152 Å². The number of alkyl carbamates (subject to hydrolysis) is 1. The predicted molar refractivity (Wildman–Crippen MR) is 177 cm³/mol. The Morgan fingerprint density at radius 1 is 1.07 bits per heavy atom. The molecular formula is C33H45N5O7S. The Kier molecular flexibility index (Phi) is 10.7. The van der Waals surface area contributed by atoms with Gasteiger partial charge in [0, 0.05) is 48.5 Å². The van der Waals surface area contributed by atoms with E-state index in [2.05, 4.69) is 10.6 Å². The number of carbonyl (C=O) groups is 3. The lowest BCUT2D eigenvalue weighted by Gasteiger charge is -2.33. The first-order valence-electron chi connectivity index (χ1n) is 15.4. The molecule has 12 nitrogen and oxygen atoms in total. The van der Waals surface area contributed by atoms with E-state index in [0.29, 0.717) is 28.4 Å². The highest BCUT2D eigenvalue weighted by atomic mass is 32.1. The van der Waals surface area contributed by atoms with E-state index in [-0.39, 0.29) is 24.8 Å². The highest BCUT2D eigenvalue weighted by Gasteiger charge is 2.45. The number of pyridine rings is 1. The summed E-state index contributed by atoms with van der Waals surface area (Å²) in [6.45, 7) is 12.9. The number of benzene rings is 1. The molecule has 3 N–H and O–H groups in total. The third-order valence-corrected chi connectivity index (χ3v) is 8.48. The lowest BCUT2D eigenvalue weighted by atomic mass is 9.99. The molecule has 1 aromatic carbocycles. The molecule has 3 aromatic rings.